The van der Waals surface area contributed by atoms with Crippen LogP contribution in [0.5, 0.6) is 0 Å². The Morgan fingerprint density at radius 1 is 1.00 bits per heavy atom. The van der Waals surface area contributed by atoms with E-state index in [1.165, 1.54) is 0 Å². The third-order valence-corrected chi connectivity index (χ3v) is 4.68. The van der Waals surface area contributed by atoms with Crippen molar-refractivity contribution in [2.45, 2.75) is 78.7 Å². The quantitative estimate of drug-likeness (QED) is 0.698. The fourth-order valence-electron chi connectivity index (χ4n) is 2.12. The lowest BCUT2D eigenvalue weighted by Crippen LogP contribution is -2.43. The summed E-state index contributed by atoms with van der Waals surface area (Å²) in [4.78, 5) is 0. The van der Waals surface area contributed by atoms with Gasteiger partial charge < -0.3 is 0 Å². The van der Waals surface area contributed by atoms with Crippen LogP contribution in [-0.2, 0) is 10.0 Å². The van der Waals surface area contributed by atoms with Crippen molar-refractivity contribution >= 4 is 10.0 Å². The average molecular weight is 277 g/mol. The minimum absolute atomic E-state index is 0.282. The number of unbranched alkanes of at least 4 members (excludes halogenated alkanes) is 2. The molecule has 0 aromatic carbocycles. The van der Waals surface area contributed by atoms with Gasteiger partial charge in [-0.3, -0.25) is 0 Å². The molecule has 0 heterocycles. The molecule has 0 unspecified atom stereocenters. The molecule has 3 nitrogen and oxygen atoms in total. The molecule has 0 fully saturated rings. The zero-order chi connectivity index (χ0) is 14.2. The van der Waals surface area contributed by atoms with E-state index in [2.05, 4.69) is 18.6 Å². The lowest BCUT2D eigenvalue weighted by molar-refractivity contribution is 0.438. The van der Waals surface area contributed by atoms with Crippen LogP contribution in [0.1, 0.15) is 73.1 Å². The van der Waals surface area contributed by atoms with Crippen LogP contribution in [0.2, 0.25) is 0 Å². The van der Waals surface area contributed by atoms with Gasteiger partial charge in [0.15, 0.2) is 0 Å². The number of rotatable bonds is 9. The van der Waals surface area contributed by atoms with Crippen molar-refractivity contribution in [2.75, 3.05) is 5.75 Å². The Kier molecular flexibility index (Phi) is 8.11. The van der Waals surface area contributed by atoms with Gasteiger partial charge in [-0.15, -0.1) is 0 Å². The molecule has 0 aromatic rings. The molecule has 110 valence electrons. The van der Waals surface area contributed by atoms with E-state index in [4.69, 9.17) is 0 Å². The molecule has 0 radical (unpaired) electrons. The summed E-state index contributed by atoms with van der Waals surface area (Å²) in [6.45, 7) is 9.96. The van der Waals surface area contributed by atoms with Crippen LogP contribution in [0.15, 0.2) is 0 Å². The molecule has 0 aromatic heterocycles. The van der Waals surface area contributed by atoms with Crippen molar-refractivity contribution in [3.05, 3.63) is 0 Å². The second kappa shape index (κ2) is 8.16. The van der Waals surface area contributed by atoms with Gasteiger partial charge in [-0.25, -0.2) is 13.1 Å². The van der Waals surface area contributed by atoms with Gasteiger partial charge >= 0.3 is 0 Å². The minimum atomic E-state index is -3.15. The highest BCUT2D eigenvalue weighted by Crippen LogP contribution is 2.18. The van der Waals surface area contributed by atoms with Gasteiger partial charge in [-0.1, -0.05) is 39.5 Å². The standard InChI is InChI=1S/C14H31NO2S/c1-6-8-10-13(11-9-7-2)12-18(16,17)15-14(3,4)5/h13,15H,6-12H2,1-5H3. The maximum atomic E-state index is 12.1. The fraction of sp³-hybridized carbons (Fsp3) is 1.00. The predicted octanol–water partition coefficient (Wildman–Crippen LogP) is 3.70. The summed E-state index contributed by atoms with van der Waals surface area (Å²) in [6.07, 6.45) is 6.58. The summed E-state index contributed by atoms with van der Waals surface area (Å²) in [5.41, 5.74) is -0.376. The van der Waals surface area contributed by atoms with E-state index in [-0.39, 0.29) is 11.3 Å². The Morgan fingerprint density at radius 3 is 1.78 bits per heavy atom. The fourth-order valence-corrected chi connectivity index (χ4v) is 4.09. The van der Waals surface area contributed by atoms with Gasteiger partial charge in [0, 0.05) is 5.54 Å². The van der Waals surface area contributed by atoms with E-state index >= 15 is 0 Å². The molecule has 0 saturated heterocycles. The van der Waals surface area contributed by atoms with Crippen LogP contribution >= 0.6 is 0 Å². The molecule has 0 bridgehead atoms. The third-order valence-electron chi connectivity index (χ3n) is 2.85. The van der Waals surface area contributed by atoms with Crippen molar-refractivity contribution in [3.8, 4) is 0 Å². The first-order valence-corrected chi connectivity index (χ1v) is 8.87. The largest absolute Gasteiger partial charge is 0.212 e. The highest BCUT2D eigenvalue weighted by atomic mass is 32.2. The van der Waals surface area contributed by atoms with Crippen LogP contribution in [0.4, 0.5) is 0 Å². The Hall–Kier alpha value is -0.0900. The molecule has 1 N–H and O–H groups in total. The Balaban J connectivity index is 4.44. The summed E-state index contributed by atoms with van der Waals surface area (Å²) in [5.74, 6) is 0.592. The molecular weight excluding hydrogens is 246 g/mol. The van der Waals surface area contributed by atoms with E-state index in [0.717, 1.165) is 38.5 Å². The number of hydrogen-bond acceptors (Lipinski definition) is 2. The molecule has 18 heavy (non-hydrogen) atoms. The molecule has 0 saturated carbocycles. The second-order valence-corrected chi connectivity index (χ2v) is 8.05. The smallest absolute Gasteiger partial charge is 0.212 e. The van der Waals surface area contributed by atoms with Crippen LogP contribution in [0, 0.1) is 5.92 Å². The SMILES string of the molecule is CCCCC(CCCC)CS(=O)(=O)NC(C)(C)C. The summed E-state index contributed by atoms with van der Waals surface area (Å²) in [5, 5.41) is 0. The van der Waals surface area contributed by atoms with Crippen LogP contribution in [0.3, 0.4) is 0 Å². The monoisotopic (exact) mass is 277 g/mol. The van der Waals surface area contributed by atoms with Gasteiger partial charge in [-0.05, 0) is 39.5 Å². The topological polar surface area (TPSA) is 46.2 Å². The molecular formula is C14H31NO2S. The van der Waals surface area contributed by atoms with E-state index in [1.807, 2.05) is 20.8 Å². The molecule has 0 aliphatic rings. The van der Waals surface area contributed by atoms with E-state index < -0.39 is 10.0 Å². The first kappa shape index (κ1) is 17.9. The summed E-state index contributed by atoms with van der Waals surface area (Å²) >= 11 is 0. The van der Waals surface area contributed by atoms with Gasteiger partial charge in [0.25, 0.3) is 0 Å². The molecule has 0 aliphatic carbocycles. The number of nitrogens with one attached hydrogen (secondary N) is 1. The molecule has 0 aliphatic heterocycles. The molecule has 0 rings (SSSR count). The molecule has 0 amide bonds. The van der Waals surface area contributed by atoms with Crippen LogP contribution in [0.25, 0.3) is 0 Å². The van der Waals surface area contributed by atoms with Crippen molar-refractivity contribution in [1.82, 2.24) is 4.72 Å². The highest BCUT2D eigenvalue weighted by Gasteiger charge is 2.23. The summed E-state index contributed by atoms with van der Waals surface area (Å²) in [6, 6.07) is 0. The second-order valence-electron chi connectivity index (χ2n) is 6.28. The van der Waals surface area contributed by atoms with E-state index in [0.29, 0.717) is 5.92 Å². The van der Waals surface area contributed by atoms with Gasteiger partial charge in [0.2, 0.25) is 10.0 Å². The van der Waals surface area contributed by atoms with E-state index in [9.17, 15) is 8.42 Å². The number of sulfonamides is 1. The van der Waals surface area contributed by atoms with Crippen molar-refractivity contribution in [2.24, 2.45) is 5.92 Å². The highest BCUT2D eigenvalue weighted by molar-refractivity contribution is 7.89. The summed E-state index contributed by atoms with van der Waals surface area (Å²) < 4.78 is 26.9. The predicted molar refractivity (Wildman–Crippen MR) is 79.2 cm³/mol. The minimum Gasteiger partial charge on any atom is -0.212 e. The van der Waals surface area contributed by atoms with Crippen molar-refractivity contribution in [1.29, 1.82) is 0 Å². The first-order chi connectivity index (χ1) is 8.20. The van der Waals surface area contributed by atoms with Crippen LogP contribution in [-0.4, -0.2) is 19.7 Å². The van der Waals surface area contributed by atoms with E-state index in [1.54, 1.807) is 0 Å². The Morgan fingerprint density at radius 2 is 1.44 bits per heavy atom. The normalized spacial score (nSPS) is 13.2. The van der Waals surface area contributed by atoms with Crippen molar-refractivity contribution in [3.63, 3.8) is 0 Å². The Labute approximate surface area is 114 Å². The maximum absolute atomic E-state index is 12.1. The molecule has 0 spiro atoms. The third kappa shape index (κ3) is 9.89. The maximum Gasteiger partial charge on any atom is 0.212 e. The summed E-state index contributed by atoms with van der Waals surface area (Å²) in [7, 11) is -3.15. The molecule has 4 heteroatoms. The van der Waals surface area contributed by atoms with Gasteiger partial charge in [0.1, 0.15) is 0 Å². The van der Waals surface area contributed by atoms with Crippen molar-refractivity contribution < 1.29 is 8.42 Å². The Bertz CT molecular complexity index is 296. The lowest BCUT2D eigenvalue weighted by atomic mass is 9.98. The number of hydrogen-bond donors (Lipinski definition) is 1. The van der Waals surface area contributed by atoms with Gasteiger partial charge in [-0.2, -0.15) is 0 Å². The zero-order valence-electron chi connectivity index (χ0n) is 12.8. The zero-order valence-corrected chi connectivity index (χ0v) is 13.6. The average Bonchev–Trinajstić information content (AvgIpc) is 2.18. The first-order valence-electron chi connectivity index (χ1n) is 7.22. The lowest BCUT2D eigenvalue weighted by Gasteiger charge is -2.23. The van der Waals surface area contributed by atoms with Gasteiger partial charge in [0.05, 0.1) is 5.75 Å². The molecule has 0 atom stereocenters. The van der Waals surface area contributed by atoms with Crippen LogP contribution < -0.4 is 4.72 Å².